The summed E-state index contributed by atoms with van der Waals surface area (Å²) in [5.74, 6) is 0.770. The largest absolute Gasteiger partial charge is 0.316 e. The Morgan fingerprint density at radius 1 is 1.53 bits per heavy atom. The molecule has 1 aromatic rings. The monoisotopic (exact) mass is 207 g/mol. The number of rotatable bonds is 4. The summed E-state index contributed by atoms with van der Waals surface area (Å²) in [6, 6.07) is 2.13. The molecule has 0 spiro atoms. The highest BCUT2D eigenvalue weighted by atomic mass is 15.2. The molecule has 3 heteroatoms. The first-order valence-electron chi connectivity index (χ1n) is 5.82. The van der Waals surface area contributed by atoms with E-state index in [1.165, 1.54) is 25.2 Å². The molecule has 1 saturated heterocycles. The quantitative estimate of drug-likeness (QED) is 0.812. The Labute approximate surface area is 91.9 Å². The normalized spacial score (nSPS) is 19.2. The average molecular weight is 207 g/mol. The summed E-state index contributed by atoms with van der Waals surface area (Å²) >= 11 is 0. The van der Waals surface area contributed by atoms with Gasteiger partial charge in [0.05, 0.1) is 0 Å². The van der Waals surface area contributed by atoms with Crippen LogP contribution in [0.4, 0.5) is 0 Å². The van der Waals surface area contributed by atoms with Gasteiger partial charge in [0.15, 0.2) is 0 Å². The van der Waals surface area contributed by atoms with E-state index in [9.17, 15) is 0 Å². The third kappa shape index (κ3) is 1.93. The van der Waals surface area contributed by atoms with E-state index in [0.717, 1.165) is 12.3 Å². The van der Waals surface area contributed by atoms with E-state index in [2.05, 4.69) is 30.3 Å². The first kappa shape index (κ1) is 10.7. The van der Waals surface area contributed by atoms with Crippen LogP contribution in [-0.2, 0) is 13.5 Å². The van der Waals surface area contributed by atoms with Gasteiger partial charge in [0.25, 0.3) is 0 Å². The van der Waals surface area contributed by atoms with Crippen LogP contribution in [0, 0.1) is 11.3 Å². The molecule has 0 amide bonds. The summed E-state index contributed by atoms with van der Waals surface area (Å²) in [6.45, 7) is 7.04. The van der Waals surface area contributed by atoms with Crippen LogP contribution in [0.2, 0.25) is 0 Å². The van der Waals surface area contributed by atoms with Gasteiger partial charge in [0, 0.05) is 32.0 Å². The average Bonchev–Trinajstić information content (AvgIpc) is 2.49. The van der Waals surface area contributed by atoms with Crippen molar-refractivity contribution in [2.75, 3.05) is 13.1 Å². The molecule has 3 nitrogen and oxygen atoms in total. The molecule has 0 atom stereocenters. The van der Waals surface area contributed by atoms with Crippen molar-refractivity contribution in [1.82, 2.24) is 15.1 Å². The van der Waals surface area contributed by atoms with Gasteiger partial charge in [-0.3, -0.25) is 4.68 Å². The molecule has 1 aliphatic heterocycles. The third-order valence-corrected chi connectivity index (χ3v) is 3.98. The molecule has 1 aromatic heterocycles. The SMILES string of the molecule is CC(C)C1(CCc2ccnn2C)CNC1. The molecule has 0 saturated carbocycles. The van der Waals surface area contributed by atoms with Crippen molar-refractivity contribution in [3.63, 3.8) is 0 Å². The van der Waals surface area contributed by atoms with E-state index in [4.69, 9.17) is 0 Å². The van der Waals surface area contributed by atoms with Gasteiger partial charge in [0.1, 0.15) is 0 Å². The minimum absolute atomic E-state index is 0.532. The maximum Gasteiger partial charge on any atom is 0.0492 e. The summed E-state index contributed by atoms with van der Waals surface area (Å²) in [4.78, 5) is 0. The van der Waals surface area contributed by atoms with E-state index in [0.29, 0.717) is 5.41 Å². The predicted molar refractivity (Wildman–Crippen MR) is 61.7 cm³/mol. The minimum atomic E-state index is 0.532. The fraction of sp³-hybridized carbons (Fsp3) is 0.750. The van der Waals surface area contributed by atoms with Gasteiger partial charge in [-0.05, 0) is 30.2 Å². The van der Waals surface area contributed by atoms with E-state index in [-0.39, 0.29) is 0 Å². The Hall–Kier alpha value is -0.830. The Morgan fingerprint density at radius 3 is 2.67 bits per heavy atom. The Balaban J connectivity index is 1.95. The van der Waals surface area contributed by atoms with Gasteiger partial charge in [0.2, 0.25) is 0 Å². The lowest BCUT2D eigenvalue weighted by atomic mass is 9.69. The smallest absolute Gasteiger partial charge is 0.0492 e. The molecule has 1 aliphatic rings. The molecule has 0 aliphatic carbocycles. The van der Waals surface area contributed by atoms with E-state index in [1.807, 2.05) is 17.9 Å². The van der Waals surface area contributed by atoms with Crippen LogP contribution in [0.25, 0.3) is 0 Å². The second kappa shape index (κ2) is 3.97. The third-order valence-electron chi connectivity index (χ3n) is 3.98. The van der Waals surface area contributed by atoms with Gasteiger partial charge in [-0.25, -0.2) is 0 Å². The molecule has 0 bridgehead atoms. The number of aryl methyl sites for hydroxylation is 2. The van der Waals surface area contributed by atoms with Crippen molar-refractivity contribution >= 4 is 0 Å². The van der Waals surface area contributed by atoms with Crippen molar-refractivity contribution in [2.24, 2.45) is 18.4 Å². The maximum atomic E-state index is 4.21. The predicted octanol–water partition coefficient (Wildman–Crippen LogP) is 1.60. The van der Waals surface area contributed by atoms with Gasteiger partial charge in [-0.15, -0.1) is 0 Å². The van der Waals surface area contributed by atoms with Crippen molar-refractivity contribution in [3.8, 4) is 0 Å². The number of nitrogens with zero attached hydrogens (tertiary/aromatic N) is 2. The molecule has 2 heterocycles. The molecule has 0 radical (unpaired) electrons. The van der Waals surface area contributed by atoms with Gasteiger partial charge in [-0.1, -0.05) is 13.8 Å². The van der Waals surface area contributed by atoms with Crippen LogP contribution in [0.15, 0.2) is 12.3 Å². The second-order valence-electron chi connectivity index (χ2n) is 5.07. The molecule has 1 N–H and O–H groups in total. The van der Waals surface area contributed by atoms with Crippen LogP contribution in [0.1, 0.15) is 26.0 Å². The Bertz CT molecular complexity index is 323. The minimum Gasteiger partial charge on any atom is -0.316 e. The number of aromatic nitrogens is 2. The number of hydrogen-bond acceptors (Lipinski definition) is 2. The Kier molecular flexibility index (Phi) is 2.83. The molecule has 0 unspecified atom stereocenters. The molecule has 84 valence electrons. The first-order valence-corrected chi connectivity index (χ1v) is 5.82. The summed E-state index contributed by atoms with van der Waals surface area (Å²) in [5, 5.41) is 7.61. The van der Waals surface area contributed by atoms with Crippen LogP contribution in [0.5, 0.6) is 0 Å². The molecule has 1 fully saturated rings. The topological polar surface area (TPSA) is 29.9 Å². The first-order chi connectivity index (χ1) is 7.14. The zero-order valence-electron chi connectivity index (χ0n) is 9.95. The van der Waals surface area contributed by atoms with Gasteiger partial charge < -0.3 is 5.32 Å². The highest BCUT2D eigenvalue weighted by Gasteiger charge is 2.39. The van der Waals surface area contributed by atoms with E-state index >= 15 is 0 Å². The summed E-state index contributed by atoms with van der Waals surface area (Å²) in [7, 11) is 2.02. The van der Waals surface area contributed by atoms with Crippen molar-refractivity contribution in [2.45, 2.75) is 26.7 Å². The van der Waals surface area contributed by atoms with E-state index < -0.39 is 0 Å². The molecular weight excluding hydrogens is 186 g/mol. The van der Waals surface area contributed by atoms with Crippen molar-refractivity contribution in [3.05, 3.63) is 18.0 Å². The fourth-order valence-corrected chi connectivity index (χ4v) is 2.34. The number of nitrogens with one attached hydrogen (secondary N) is 1. The summed E-state index contributed by atoms with van der Waals surface area (Å²) < 4.78 is 1.99. The summed E-state index contributed by atoms with van der Waals surface area (Å²) in [6.07, 6.45) is 4.31. The zero-order chi connectivity index (χ0) is 10.9. The summed E-state index contributed by atoms with van der Waals surface area (Å²) in [5.41, 5.74) is 1.88. The molecular formula is C12H21N3. The lowest BCUT2D eigenvalue weighted by Crippen LogP contribution is -2.56. The van der Waals surface area contributed by atoms with Gasteiger partial charge in [-0.2, -0.15) is 5.10 Å². The lowest BCUT2D eigenvalue weighted by molar-refractivity contribution is 0.0871. The van der Waals surface area contributed by atoms with E-state index in [1.54, 1.807) is 0 Å². The molecule has 0 aromatic carbocycles. The van der Waals surface area contributed by atoms with Crippen molar-refractivity contribution in [1.29, 1.82) is 0 Å². The van der Waals surface area contributed by atoms with Crippen LogP contribution in [-0.4, -0.2) is 22.9 Å². The fourth-order valence-electron chi connectivity index (χ4n) is 2.34. The van der Waals surface area contributed by atoms with Crippen LogP contribution >= 0.6 is 0 Å². The van der Waals surface area contributed by atoms with Gasteiger partial charge >= 0.3 is 0 Å². The highest BCUT2D eigenvalue weighted by Crippen LogP contribution is 2.36. The Morgan fingerprint density at radius 2 is 2.27 bits per heavy atom. The second-order valence-corrected chi connectivity index (χ2v) is 5.07. The molecule has 15 heavy (non-hydrogen) atoms. The highest BCUT2D eigenvalue weighted by molar-refractivity contribution is 5.03. The van der Waals surface area contributed by atoms with Crippen LogP contribution in [0.3, 0.4) is 0 Å². The lowest BCUT2D eigenvalue weighted by Gasteiger charge is -2.46. The van der Waals surface area contributed by atoms with Crippen LogP contribution < -0.4 is 5.32 Å². The van der Waals surface area contributed by atoms with Crippen molar-refractivity contribution < 1.29 is 0 Å². The standard InChI is InChI=1S/C12H21N3/c1-10(2)12(8-13-9-12)6-4-11-5-7-14-15(11)3/h5,7,10,13H,4,6,8-9H2,1-3H3. The molecule has 2 rings (SSSR count). The zero-order valence-corrected chi connectivity index (χ0v) is 9.95. The maximum absolute atomic E-state index is 4.21. The number of hydrogen-bond donors (Lipinski definition) is 1.